The fourth-order valence-electron chi connectivity index (χ4n) is 4.06. The van der Waals surface area contributed by atoms with E-state index in [1.54, 1.807) is 0 Å². The average molecular weight is 674 g/mol. The molecule has 1 radical (unpaired) electrons. The molecule has 0 saturated heterocycles. The lowest BCUT2D eigenvalue weighted by Gasteiger charge is -2.30. The summed E-state index contributed by atoms with van der Waals surface area (Å²) in [6.45, 7) is 13.0. The van der Waals surface area contributed by atoms with Crippen molar-refractivity contribution < 1.29 is 53.2 Å². The highest BCUT2D eigenvalue weighted by Gasteiger charge is 2.29. The van der Waals surface area contributed by atoms with Crippen LogP contribution in [0.3, 0.4) is 0 Å². The van der Waals surface area contributed by atoms with Crippen molar-refractivity contribution in [1.82, 2.24) is 16.0 Å². The first-order chi connectivity index (χ1) is 22.0. The lowest BCUT2D eigenvalue weighted by Crippen LogP contribution is -2.43. The van der Waals surface area contributed by atoms with E-state index in [4.69, 9.17) is 25.1 Å². The van der Waals surface area contributed by atoms with E-state index in [0.717, 1.165) is 0 Å². The smallest absolute Gasteiger partial charge is 0.326 e. The molecule has 0 saturated carbocycles. The Morgan fingerprint density at radius 1 is 0.723 bits per heavy atom. The van der Waals surface area contributed by atoms with Crippen LogP contribution in [0.5, 0.6) is 0 Å². The third-order valence-corrected chi connectivity index (χ3v) is 6.60. The Morgan fingerprint density at radius 2 is 1.30 bits per heavy atom. The molecular weight excluding hydrogens is 615 g/mol. The van der Waals surface area contributed by atoms with Gasteiger partial charge in [-0.1, -0.05) is 54.2 Å². The molecule has 0 heterocycles. The highest BCUT2D eigenvalue weighted by atomic mass is 16.5. The maximum absolute atomic E-state index is 12.6. The van der Waals surface area contributed by atoms with Gasteiger partial charge in [0.25, 0.3) is 0 Å². The van der Waals surface area contributed by atoms with E-state index in [9.17, 15) is 33.9 Å². The molecule has 0 rings (SSSR count). The number of nitrogens with two attached hydrogens (primary N) is 1. The molecule has 1 unspecified atom stereocenters. The summed E-state index contributed by atoms with van der Waals surface area (Å²) in [5, 5.41) is 26.4. The molecule has 271 valence electrons. The fourth-order valence-corrected chi connectivity index (χ4v) is 4.06. The van der Waals surface area contributed by atoms with Crippen molar-refractivity contribution in [2.45, 2.75) is 98.7 Å². The van der Waals surface area contributed by atoms with Crippen molar-refractivity contribution in [1.29, 1.82) is 0 Å². The molecule has 0 aliphatic rings. The quantitative estimate of drug-likeness (QED) is 0.0513. The minimum Gasteiger partial charge on any atom is -0.481 e. The van der Waals surface area contributed by atoms with Crippen LogP contribution in [0.2, 0.25) is 12.6 Å². The number of hydrogen-bond acceptors (Lipinski definition) is 9. The van der Waals surface area contributed by atoms with Crippen LogP contribution >= 0.6 is 0 Å². The van der Waals surface area contributed by atoms with E-state index in [1.165, 1.54) is 0 Å². The second-order valence-corrected chi connectivity index (χ2v) is 12.3. The lowest BCUT2D eigenvalue weighted by molar-refractivity contribution is -0.142. The summed E-state index contributed by atoms with van der Waals surface area (Å²) < 4.78 is 15.5. The zero-order chi connectivity index (χ0) is 36.3. The minimum atomic E-state index is -1.23. The summed E-state index contributed by atoms with van der Waals surface area (Å²) >= 11 is 0. The monoisotopic (exact) mass is 673 g/mol. The van der Waals surface area contributed by atoms with Gasteiger partial charge in [0, 0.05) is 32.5 Å². The van der Waals surface area contributed by atoms with Gasteiger partial charge in [-0.2, -0.15) is 0 Å². The maximum Gasteiger partial charge on any atom is 0.326 e. The van der Waals surface area contributed by atoms with Crippen LogP contribution in [-0.2, 0) is 43.0 Å². The van der Waals surface area contributed by atoms with Crippen LogP contribution in [0, 0.1) is 10.8 Å². The Morgan fingerprint density at radius 3 is 1.89 bits per heavy atom. The predicted octanol–water partition coefficient (Wildman–Crippen LogP) is 1.37. The van der Waals surface area contributed by atoms with E-state index in [-0.39, 0.29) is 70.5 Å². The molecule has 0 aliphatic carbocycles. The summed E-state index contributed by atoms with van der Waals surface area (Å²) in [6, 6.07) is -1.20. The van der Waals surface area contributed by atoms with Crippen LogP contribution in [0.4, 0.5) is 0 Å². The number of nitrogens with one attached hydrogen (secondary N) is 3. The zero-order valence-corrected chi connectivity index (χ0v) is 29.1. The molecular formula is C31H58BN4O11. The zero-order valence-electron chi connectivity index (χ0n) is 29.1. The molecule has 4 amide bonds. The van der Waals surface area contributed by atoms with Gasteiger partial charge in [0.15, 0.2) is 0 Å². The van der Waals surface area contributed by atoms with Crippen molar-refractivity contribution >= 4 is 42.8 Å². The van der Waals surface area contributed by atoms with E-state index in [1.807, 2.05) is 48.8 Å². The second-order valence-electron chi connectivity index (χ2n) is 12.3. The third kappa shape index (κ3) is 29.9. The second kappa shape index (κ2) is 26.8. The van der Waals surface area contributed by atoms with Crippen LogP contribution < -0.4 is 21.7 Å². The molecule has 0 aromatic carbocycles. The van der Waals surface area contributed by atoms with Gasteiger partial charge in [0.1, 0.15) is 26.5 Å². The van der Waals surface area contributed by atoms with Crippen LogP contribution in [0.25, 0.3) is 0 Å². The summed E-state index contributed by atoms with van der Waals surface area (Å²) in [6.07, 6.45) is 2.27. The SMILES string of the molecule is CC.CC(C)(CCC(C)(C)CC(=O)NC(CCC(=O)NCC[B]CCOCC(=O)NCCOCCOCC(N)=O)C(=O)O)CC(=O)O. The van der Waals surface area contributed by atoms with Gasteiger partial charge in [-0.15, -0.1) is 0 Å². The maximum atomic E-state index is 12.6. The highest BCUT2D eigenvalue weighted by molar-refractivity contribution is 6.35. The van der Waals surface area contributed by atoms with Gasteiger partial charge in [0.2, 0.25) is 23.6 Å². The first-order valence-electron chi connectivity index (χ1n) is 16.1. The van der Waals surface area contributed by atoms with Crippen molar-refractivity contribution in [3.63, 3.8) is 0 Å². The number of amides is 4. The van der Waals surface area contributed by atoms with E-state index < -0.39 is 40.6 Å². The van der Waals surface area contributed by atoms with E-state index in [2.05, 4.69) is 16.0 Å². The Labute approximate surface area is 280 Å². The number of rotatable bonds is 28. The predicted molar refractivity (Wildman–Crippen MR) is 177 cm³/mol. The Bertz CT molecular complexity index is 948. The first-order valence-corrected chi connectivity index (χ1v) is 16.1. The lowest BCUT2D eigenvalue weighted by atomic mass is 9.71. The Kier molecular flexibility index (Phi) is 26.2. The van der Waals surface area contributed by atoms with Crippen molar-refractivity contribution in [2.75, 3.05) is 52.7 Å². The van der Waals surface area contributed by atoms with Crippen LogP contribution in [0.15, 0.2) is 0 Å². The molecule has 16 heteroatoms. The highest BCUT2D eigenvalue weighted by Crippen LogP contribution is 2.35. The fraction of sp³-hybridized carbons (Fsp3) is 0.806. The number of hydrogen-bond donors (Lipinski definition) is 6. The standard InChI is InChI=1S/C29H52BN4O11.C2H6/c1-28(2,7-8-29(3,4)18-26(39)40)17-24(37)34-21(27(41)42)5-6-23(36)32-11-9-30-10-13-44-20-25(38)33-12-14-43-15-16-45-19-22(31)35;1-2/h21H,5-20H2,1-4H3,(H2,31,35)(H,32,36)(H,33,38)(H,34,37)(H,39,40)(H,41,42);1-2H3. The van der Waals surface area contributed by atoms with Gasteiger partial charge in [-0.3, -0.25) is 24.0 Å². The molecule has 0 fully saturated rings. The molecule has 0 aliphatic heterocycles. The third-order valence-electron chi connectivity index (χ3n) is 6.60. The number of aliphatic carboxylic acids is 2. The minimum absolute atomic E-state index is 0.0184. The average Bonchev–Trinajstić information content (AvgIpc) is 2.97. The molecule has 15 nitrogen and oxygen atoms in total. The van der Waals surface area contributed by atoms with Gasteiger partial charge in [-0.05, 0) is 30.1 Å². The normalized spacial score (nSPS) is 11.8. The Hall–Kier alpha value is -3.24. The molecule has 0 bridgehead atoms. The molecule has 7 N–H and O–H groups in total. The molecule has 1 atom stereocenters. The molecule has 0 aromatic rings. The van der Waals surface area contributed by atoms with Crippen molar-refractivity contribution in [3.05, 3.63) is 0 Å². The number of ether oxygens (including phenoxy) is 3. The summed E-state index contributed by atoms with van der Waals surface area (Å²) in [5.74, 6) is -3.72. The largest absolute Gasteiger partial charge is 0.481 e. The van der Waals surface area contributed by atoms with Crippen molar-refractivity contribution in [3.8, 4) is 0 Å². The van der Waals surface area contributed by atoms with E-state index >= 15 is 0 Å². The van der Waals surface area contributed by atoms with Crippen molar-refractivity contribution in [2.24, 2.45) is 16.6 Å². The number of primary amides is 1. The number of carboxylic acid groups (broad SMARTS) is 2. The molecule has 0 spiro atoms. The number of carbonyl (C=O) groups is 6. The van der Waals surface area contributed by atoms with Gasteiger partial charge in [-0.25, -0.2) is 4.79 Å². The summed E-state index contributed by atoms with van der Waals surface area (Å²) in [7, 11) is 1.90. The summed E-state index contributed by atoms with van der Waals surface area (Å²) in [4.78, 5) is 69.7. The van der Waals surface area contributed by atoms with Crippen LogP contribution in [0.1, 0.15) is 80.1 Å². The van der Waals surface area contributed by atoms with Gasteiger partial charge >= 0.3 is 11.9 Å². The molecule has 47 heavy (non-hydrogen) atoms. The Balaban J connectivity index is 0. The number of carboxylic acids is 2. The van der Waals surface area contributed by atoms with Gasteiger partial charge in [0.05, 0.1) is 26.2 Å². The summed E-state index contributed by atoms with van der Waals surface area (Å²) in [5.41, 5.74) is 4.05. The van der Waals surface area contributed by atoms with Crippen LogP contribution in [-0.4, -0.2) is 112 Å². The first kappa shape index (κ1) is 45.9. The number of carbonyl (C=O) groups excluding carboxylic acids is 4. The van der Waals surface area contributed by atoms with Gasteiger partial charge < -0.3 is 46.1 Å². The van der Waals surface area contributed by atoms with E-state index in [0.29, 0.717) is 45.2 Å². The topological polar surface area (TPSA) is 233 Å². The molecule has 0 aromatic heterocycles.